The van der Waals surface area contributed by atoms with Crippen LogP contribution in [0.1, 0.15) is 27.7 Å². The number of carbonyl (C=O) groups is 4. The topological polar surface area (TPSA) is 136 Å². The summed E-state index contributed by atoms with van der Waals surface area (Å²) >= 11 is 0. The molecule has 11 nitrogen and oxygen atoms in total. The molecule has 2 aliphatic heterocycles. The van der Waals surface area contributed by atoms with E-state index in [4.69, 9.17) is 28.4 Å². The lowest BCUT2D eigenvalue weighted by atomic mass is 9.94. The highest BCUT2D eigenvalue weighted by atomic mass is 16.6. The molecule has 0 aromatic carbocycles. The first-order valence-corrected chi connectivity index (χ1v) is 8.78. The normalized spacial score (nSPS) is 24.4. The first-order chi connectivity index (χ1) is 13.6. The van der Waals surface area contributed by atoms with Crippen molar-refractivity contribution >= 4 is 29.8 Å². The monoisotopic (exact) mass is 413 g/mol. The molecule has 0 spiro atoms. The molecule has 11 heteroatoms. The van der Waals surface area contributed by atoms with Crippen LogP contribution in [0.2, 0.25) is 0 Å². The van der Waals surface area contributed by atoms with E-state index in [9.17, 15) is 19.2 Å². The van der Waals surface area contributed by atoms with Gasteiger partial charge < -0.3 is 28.4 Å². The molecular formula is C18H23NO10. The van der Waals surface area contributed by atoms with Gasteiger partial charge in [-0.1, -0.05) is 0 Å². The molecule has 160 valence electrons. The van der Waals surface area contributed by atoms with Crippen molar-refractivity contribution in [3.05, 3.63) is 11.8 Å². The quantitative estimate of drug-likeness (QED) is 0.416. The van der Waals surface area contributed by atoms with Crippen LogP contribution in [0.3, 0.4) is 0 Å². The van der Waals surface area contributed by atoms with Gasteiger partial charge in [0.25, 0.3) is 0 Å². The summed E-state index contributed by atoms with van der Waals surface area (Å²) < 4.78 is 31.5. The van der Waals surface area contributed by atoms with Crippen LogP contribution in [-0.4, -0.2) is 73.9 Å². The second kappa shape index (κ2) is 9.39. The summed E-state index contributed by atoms with van der Waals surface area (Å²) in [5, 5.41) is 0. The van der Waals surface area contributed by atoms with Gasteiger partial charge in [-0.15, -0.1) is 0 Å². The van der Waals surface area contributed by atoms with E-state index in [0.29, 0.717) is 5.90 Å². The van der Waals surface area contributed by atoms with E-state index >= 15 is 0 Å². The standard InChI is InChI=1S/C18H23NO10/c1-8-19-15-12(26-8)6-13(18(23)24-5)29-17(15)16(28-11(4)22)14(27-10(3)21)7-25-9(2)20/h6,12,14-17H,7H2,1-5H3/t12-,14-,15-,16-,17?/m1/s1. The first kappa shape index (κ1) is 22.2. The number of nitrogens with zero attached hydrogens (tertiary/aromatic N) is 1. The number of ether oxygens (including phenoxy) is 6. The van der Waals surface area contributed by atoms with Crippen molar-refractivity contribution in [3.8, 4) is 0 Å². The summed E-state index contributed by atoms with van der Waals surface area (Å²) in [5.74, 6) is -2.63. The van der Waals surface area contributed by atoms with Gasteiger partial charge in [-0.3, -0.25) is 14.4 Å². The molecule has 0 N–H and O–H groups in total. The predicted molar refractivity (Wildman–Crippen MR) is 94.5 cm³/mol. The zero-order valence-electron chi connectivity index (χ0n) is 16.7. The molecule has 2 rings (SSSR count). The Bertz CT molecular complexity index is 743. The third-order valence-electron chi connectivity index (χ3n) is 4.04. The molecule has 0 fully saturated rings. The minimum atomic E-state index is -1.25. The molecular weight excluding hydrogens is 390 g/mol. The summed E-state index contributed by atoms with van der Waals surface area (Å²) in [7, 11) is 1.18. The Hall–Kier alpha value is -3.11. The number of methoxy groups -OCH3 is 1. The van der Waals surface area contributed by atoms with E-state index in [0.717, 1.165) is 13.8 Å². The van der Waals surface area contributed by atoms with Crippen LogP contribution in [0.25, 0.3) is 0 Å². The smallest absolute Gasteiger partial charge is 0.373 e. The van der Waals surface area contributed by atoms with Crippen molar-refractivity contribution < 1.29 is 47.6 Å². The molecule has 1 unspecified atom stereocenters. The van der Waals surface area contributed by atoms with Crippen LogP contribution in [0, 0.1) is 0 Å². The van der Waals surface area contributed by atoms with Crippen molar-refractivity contribution in [1.29, 1.82) is 0 Å². The lowest BCUT2D eigenvalue weighted by Crippen LogP contribution is -2.54. The third kappa shape index (κ3) is 5.69. The van der Waals surface area contributed by atoms with Crippen molar-refractivity contribution in [2.24, 2.45) is 4.99 Å². The predicted octanol–water partition coefficient (Wildman–Crippen LogP) is 0.0544. The molecule has 0 amide bonds. The van der Waals surface area contributed by atoms with Crippen LogP contribution in [-0.2, 0) is 47.6 Å². The van der Waals surface area contributed by atoms with Crippen molar-refractivity contribution in [2.75, 3.05) is 13.7 Å². The second-order valence-electron chi connectivity index (χ2n) is 6.35. The SMILES string of the molecule is COC(=O)C1=C[C@H]2OC(C)=N[C@H]2C([C@H](OC(C)=O)[C@@H](COC(C)=O)OC(C)=O)O1. The van der Waals surface area contributed by atoms with E-state index < -0.39 is 60.9 Å². The maximum absolute atomic E-state index is 12.0. The Labute approximate surface area is 166 Å². The van der Waals surface area contributed by atoms with E-state index in [-0.39, 0.29) is 5.76 Å². The molecule has 0 radical (unpaired) electrons. The first-order valence-electron chi connectivity index (χ1n) is 8.78. The molecule has 2 heterocycles. The summed E-state index contributed by atoms with van der Waals surface area (Å²) in [6, 6.07) is -0.705. The highest BCUT2D eigenvalue weighted by Crippen LogP contribution is 2.32. The van der Waals surface area contributed by atoms with Gasteiger partial charge >= 0.3 is 23.9 Å². The number of fused-ring (bicyclic) bond motifs is 1. The Morgan fingerprint density at radius 1 is 1.07 bits per heavy atom. The molecule has 0 saturated carbocycles. The summed E-state index contributed by atoms with van der Waals surface area (Å²) in [5.41, 5.74) is 0. The number of esters is 4. The Kier molecular flexibility index (Phi) is 7.18. The largest absolute Gasteiger partial charge is 0.477 e. The second-order valence-corrected chi connectivity index (χ2v) is 6.35. The maximum atomic E-state index is 12.0. The fourth-order valence-corrected chi connectivity index (χ4v) is 3.01. The molecule has 0 aliphatic carbocycles. The Balaban J connectivity index is 2.42. The third-order valence-corrected chi connectivity index (χ3v) is 4.04. The average molecular weight is 413 g/mol. The van der Waals surface area contributed by atoms with Crippen LogP contribution in [0.5, 0.6) is 0 Å². The van der Waals surface area contributed by atoms with Gasteiger partial charge in [0, 0.05) is 33.8 Å². The highest BCUT2D eigenvalue weighted by Gasteiger charge is 2.50. The van der Waals surface area contributed by atoms with E-state index in [1.165, 1.54) is 20.1 Å². The summed E-state index contributed by atoms with van der Waals surface area (Å²) in [6.45, 7) is 4.70. The number of hydrogen-bond acceptors (Lipinski definition) is 11. The fourth-order valence-electron chi connectivity index (χ4n) is 3.01. The minimum Gasteiger partial charge on any atom is -0.477 e. The zero-order valence-corrected chi connectivity index (χ0v) is 16.7. The molecule has 29 heavy (non-hydrogen) atoms. The minimum absolute atomic E-state index is 0.171. The average Bonchev–Trinajstić information content (AvgIpc) is 3.01. The van der Waals surface area contributed by atoms with Crippen LogP contribution < -0.4 is 0 Å². The molecule has 0 bridgehead atoms. The lowest BCUT2D eigenvalue weighted by Gasteiger charge is -2.37. The van der Waals surface area contributed by atoms with Crippen LogP contribution in [0.4, 0.5) is 0 Å². The number of carbonyl (C=O) groups excluding carboxylic acids is 4. The molecule has 5 atom stereocenters. The zero-order chi connectivity index (χ0) is 21.7. The van der Waals surface area contributed by atoms with Crippen molar-refractivity contribution in [1.82, 2.24) is 0 Å². The van der Waals surface area contributed by atoms with Gasteiger partial charge in [0.15, 0.2) is 24.2 Å². The Morgan fingerprint density at radius 2 is 1.72 bits per heavy atom. The molecule has 0 saturated heterocycles. The maximum Gasteiger partial charge on any atom is 0.373 e. The molecule has 0 aromatic rings. The van der Waals surface area contributed by atoms with Gasteiger partial charge in [-0.05, 0) is 0 Å². The van der Waals surface area contributed by atoms with Crippen LogP contribution >= 0.6 is 0 Å². The number of rotatable bonds is 7. The fraction of sp³-hybridized carbons (Fsp3) is 0.611. The highest BCUT2D eigenvalue weighted by molar-refractivity contribution is 5.87. The molecule has 0 aromatic heterocycles. The number of hydrogen-bond donors (Lipinski definition) is 0. The van der Waals surface area contributed by atoms with Gasteiger partial charge in [-0.2, -0.15) is 0 Å². The van der Waals surface area contributed by atoms with Crippen molar-refractivity contribution in [2.45, 2.75) is 58.2 Å². The van der Waals surface area contributed by atoms with Crippen LogP contribution in [0.15, 0.2) is 16.8 Å². The van der Waals surface area contributed by atoms with E-state index in [1.807, 2.05) is 0 Å². The van der Waals surface area contributed by atoms with Gasteiger partial charge in [0.1, 0.15) is 18.8 Å². The molecule has 2 aliphatic rings. The lowest BCUT2D eigenvalue weighted by molar-refractivity contribution is -0.187. The number of aliphatic imine (C=N–C) groups is 1. The summed E-state index contributed by atoms with van der Waals surface area (Å²) in [4.78, 5) is 50.9. The van der Waals surface area contributed by atoms with E-state index in [2.05, 4.69) is 4.99 Å². The Morgan fingerprint density at radius 3 is 2.28 bits per heavy atom. The van der Waals surface area contributed by atoms with Gasteiger partial charge in [-0.25, -0.2) is 9.79 Å². The van der Waals surface area contributed by atoms with Crippen molar-refractivity contribution in [3.63, 3.8) is 0 Å². The summed E-state index contributed by atoms with van der Waals surface area (Å²) in [6.07, 6.45) is -2.83. The van der Waals surface area contributed by atoms with E-state index in [1.54, 1.807) is 6.92 Å². The van der Waals surface area contributed by atoms with Gasteiger partial charge in [0.05, 0.1) is 7.11 Å². The van der Waals surface area contributed by atoms with Gasteiger partial charge in [0.2, 0.25) is 5.76 Å².